The van der Waals surface area contributed by atoms with Crippen LogP contribution >= 0.6 is 0 Å². The predicted octanol–water partition coefficient (Wildman–Crippen LogP) is 0.231. The van der Waals surface area contributed by atoms with E-state index in [-0.39, 0.29) is 6.61 Å². The van der Waals surface area contributed by atoms with Gasteiger partial charge in [-0.2, -0.15) is 0 Å². The third-order valence-electron chi connectivity index (χ3n) is 2.36. The quantitative estimate of drug-likeness (QED) is 0.409. The largest absolute Gasteiger partial charge is 0.452 e. The second kappa shape index (κ2) is 5.20. The molecule has 0 spiro atoms. The number of rotatable bonds is 3. The Balaban J connectivity index is 2.68. The minimum atomic E-state index is -0.579. The van der Waals surface area contributed by atoms with Crippen LogP contribution in [0, 0.1) is 24.2 Å². The molecule has 2 unspecified atom stereocenters. The lowest BCUT2D eigenvalue weighted by Crippen LogP contribution is -2.35. The summed E-state index contributed by atoms with van der Waals surface area (Å²) >= 11 is 0. The van der Waals surface area contributed by atoms with E-state index < -0.39 is 23.7 Å². The Labute approximate surface area is 88.5 Å². The van der Waals surface area contributed by atoms with E-state index in [1.54, 1.807) is 6.08 Å². The first kappa shape index (κ1) is 11.3. The Bertz CT molecular complexity index is 327. The molecule has 1 aliphatic carbocycles. The van der Waals surface area contributed by atoms with Crippen molar-refractivity contribution in [1.82, 2.24) is 0 Å². The van der Waals surface area contributed by atoms with Gasteiger partial charge in [0.15, 0.2) is 6.61 Å². The maximum Gasteiger partial charge on any atom is 0.314 e. The van der Waals surface area contributed by atoms with Crippen LogP contribution in [0.3, 0.4) is 0 Å². The van der Waals surface area contributed by atoms with Gasteiger partial charge in [0.1, 0.15) is 0 Å². The topological polar surface area (TPSA) is 69.4 Å². The summed E-state index contributed by atoms with van der Waals surface area (Å²) in [7, 11) is 0. The van der Waals surface area contributed by atoms with Crippen LogP contribution in [-0.4, -0.2) is 18.5 Å². The monoisotopic (exact) mass is 207 g/mol. The van der Waals surface area contributed by atoms with E-state index in [1.807, 2.05) is 6.08 Å². The van der Waals surface area contributed by atoms with Crippen LogP contribution in [0.5, 0.6) is 0 Å². The highest BCUT2D eigenvalue weighted by Crippen LogP contribution is 2.25. The predicted molar refractivity (Wildman–Crippen MR) is 54.3 cm³/mol. The molecule has 2 atom stereocenters. The van der Waals surface area contributed by atoms with Crippen LogP contribution in [0.25, 0.3) is 0 Å². The molecule has 1 amide bonds. The number of esters is 1. The molecule has 1 aliphatic rings. The summed E-state index contributed by atoms with van der Waals surface area (Å²) in [5.41, 5.74) is 5.20. The molecule has 1 rings (SSSR count). The van der Waals surface area contributed by atoms with Crippen LogP contribution in [0.4, 0.5) is 0 Å². The Hall–Kier alpha value is -1.76. The Morgan fingerprint density at radius 3 is 2.93 bits per heavy atom. The van der Waals surface area contributed by atoms with E-state index >= 15 is 0 Å². The van der Waals surface area contributed by atoms with Crippen molar-refractivity contribution >= 4 is 11.9 Å². The molecule has 0 fully saturated rings. The minimum absolute atomic E-state index is 0.0747. The number of carbonyl (C=O) groups excluding carboxylic acids is 2. The third kappa shape index (κ3) is 2.84. The van der Waals surface area contributed by atoms with E-state index in [0.29, 0.717) is 6.42 Å². The summed E-state index contributed by atoms with van der Waals surface area (Å²) in [6.07, 6.45) is 9.82. The second-order valence-corrected chi connectivity index (χ2v) is 3.35. The molecule has 2 N–H and O–H groups in total. The van der Waals surface area contributed by atoms with Gasteiger partial charge in [0.05, 0.1) is 11.8 Å². The maximum absolute atomic E-state index is 11.5. The van der Waals surface area contributed by atoms with Crippen molar-refractivity contribution in [3.05, 3.63) is 12.2 Å². The molecular formula is C11H13NO3. The molecule has 4 heteroatoms. The summed E-state index contributed by atoms with van der Waals surface area (Å²) in [5.74, 6) is 0.198. The van der Waals surface area contributed by atoms with Crippen molar-refractivity contribution in [2.45, 2.75) is 12.8 Å². The zero-order chi connectivity index (χ0) is 11.3. The molecule has 0 radical (unpaired) electrons. The van der Waals surface area contributed by atoms with Crippen molar-refractivity contribution in [3.63, 3.8) is 0 Å². The number of terminal acetylenes is 1. The van der Waals surface area contributed by atoms with E-state index in [2.05, 4.69) is 5.92 Å². The molecule has 0 heterocycles. The number of hydrogen-bond donors (Lipinski definition) is 1. The number of hydrogen-bond acceptors (Lipinski definition) is 3. The van der Waals surface area contributed by atoms with Crippen molar-refractivity contribution in [2.75, 3.05) is 6.61 Å². The second-order valence-electron chi connectivity index (χ2n) is 3.35. The van der Waals surface area contributed by atoms with Crippen molar-refractivity contribution in [1.29, 1.82) is 0 Å². The fourth-order valence-electron chi connectivity index (χ4n) is 1.60. The fraction of sp³-hybridized carbons (Fsp3) is 0.455. The number of amides is 1. The zero-order valence-corrected chi connectivity index (χ0v) is 8.31. The fourth-order valence-corrected chi connectivity index (χ4v) is 1.60. The molecule has 0 aromatic carbocycles. The first-order valence-corrected chi connectivity index (χ1v) is 4.73. The van der Waals surface area contributed by atoms with Gasteiger partial charge < -0.3 is 10.5 Å². The average molecular weight is 207 g/mol. The van der Waals surface area contributed by atoms with Gasteiger partial charge in [-0.25, -0.2) is 0 Å². The van der Waals surface area contributed by atoms with Gasteiger partial charge in [0, 0.05) is 0 Å². The Morgan fingerprint density at radius 2 is 2.33 bits per heavy atom. The Morgan fingerprint density at radius 1 is 1.60 bits per heavy atom. The van der Waals surface area contributed by atoms with E-state index in [9.17, 15) is 9.59 Å². The Kier molecular flexibility index (Phi) is 3.92. The molecular weight excluding hydrogens is 194 g/mol. The number of primary amides is 1. The highest BCUT2D eigenvalue weighted by molar-refractivity contribution is 5.85. The van der Waals surface area contributed by atoms with Crippen LogP contribution < -0.4 is 5.73 Å². The SMILES string of the molecule is C#CCOC(=O)C1C=CCCC1C(N)=O. The molecule has 0 saturated heterocycles. The lowest BCUT2D eigenvalue weighted by molar-refractivity contribution is -0.149. The van der Waals surface area contributed by atoms with E-state index in [0.717, 1.165) is 6.42 Å². The number of ether oxygens (including phenoxy) is 1. The molecule has 0 aromatic heterocycles. The zero-order valence-electron chi connectivity index (χ0n) is 8.31. The van der Waals surface area contributed by atoms with Crippen molar-refractivity contribution < 1.29 is 14.3 Å². The van der Waals surface area contributed by atoms with Crippen LogP contribution in [0.15, 0.2) is 12.2 Å². The molecule has 0 aromatic rings. The number of carbonyl (C=O) groups is 2. The highest BCUT2D eigenvalue weighted by atomic mass is 16.5. The summed E-state index contributed by atoms with van der Waals surface area (Å²) in [6, 6.07) is 0. The summed E-state index contributed by atoms with van der Waals surface area (Å²) in [4.78, 5) is 22.6. The van der Waals surface area contributed by atoms with Crippen molar-refractivity contribution in [3.8, 4) is 12.3 Å². The van der Waals surface area contributed by atoms with Crippen LogP contribution in [-0.2, 0) is 14.3 Å². The van der Waals surface area contributed by atoms with Gasteiger partial charge in [-0.15, -0.1) is 6.42 Å². The first-order chi connectivity index (χ1) is 7.16. The van der Waals surface area contributed by atoms with E-state index in [1.165, 1.54) is 0 Å². The molecule has 0 bridgehead atoms. The van der Waals surface area contributed by atoms with Gasteiger partial charge in [0.2, 0.25) is 5.91 Å². The minimum Gasteiger partial charge on any atom is -0.452 e. The average Bonchev–Trinajstić information content (AvgIpc) is 2.25. The normalized spacial score (nSPS) is 24.2. The lowest BCUT2D eigenvalue weighted by Gasteiger charge is -2.22. The maximum atomic E-state index is 11.5. The van der Waals surface area contributed by atoms with Crippen molar-refractivity contribution in [2.24, 2.45) is 17.6 Å². The van der Waals surface area contributed by atoms with Crippen LogP contribution in [0.2, 0.25) is 0 Å². The molecule has 15 heavy (non-hydrogen) atoms. The standard InChI is InChI=1S/C11H13NO3/c1-2-7-15-11(14)9-6-4-3-5-8(9)10(12)13/h1,4,6,8-9H,3,5,7H2,(H2,12,13). The number of allylic oxidation sites excluding steroid dienone is 1. The third-order valence-corrected chi connectivity index (χ3v) is 2.36. The molecule has 80 valence electrons. The smallest absolute Gasteiger partial charge is 0.314 e. The number of nitrogens with two attached hydrogens (primary N) is 1. The van der Waals surface area contributed by atoms with Gasteiger partial charge in [-0.05, 0) is 12.8 Å². The summed E-state index contributed by atoms with van der Waals surface area (Å²) < 4.78 is 4.78. The summed E-state index contributed by atoms with van der Waals surface area (Å²) in [5, 5.41) is 0. The molecule has 0 aliphatic heterocycles. The molecule has 0 saturated carbocycles. The van der Waals surface area contributed by atoms with Gasteiger partial charge in [-0.3, -0.25) is 9.59 Å². The van der Waals surface area contributed by atoms with E-state index in [4.69, 9.17) is 16.9 Å². The van der Waals surface area contributed by atoms with Gasteiger partial charge in [-0.1, -0.05) is 18.1 Å². The highest BCUT2D eigenvalue weighted by Gasteiger charge is 2.32. The van der Waals surface area contributed by atoms with Crippen LogP contribution in [0.1, 0.15) is 12.8 Å². The molecule has 4 nitrogen and oxygen atoms in total. The van der Waals surface area contributed by atoms with Gasteiger partial charge >= 0.3 is 5.97 Å². The van der Waals surface area contributed by atoms with Gasteiger partial charge in [0.25, 0.3) is 0 Å². The first-order valence-electron chi connectivity index (χ1n) is 4.73. The lowest BCUT2D eigenvalue weighted by atomic mass is 9.83. The summed E-state index contributed by atoms with van der Waals surface area (Å²) in [6.45, 7) is -0.0747.